The van der Waals surface area contributed by atoms with E-state index in [1.165, 1.54) is 36.6 Å². The van der Waals surface area contributed by atoms with Crippen LogP contribution in [0.3, 0.4) is 0 Å². The second-order valence-corrected chi connectivity index (χ2v) is 6.06. The minimum Gasteiger partial charge on any atom is -0.459 e. The number of halogens is 1. The van der Waals surface area contributed by atoms with Crippen molar-refractivity contribution in [3.63, 3.8) is 0 Å². The number of carbonyl (C=O) groups excluding carboxylic acids is 3. The van der Waals surface area contributed by atoms with E-state index in [1.807, 2.05) is 0 Å². The molecule has 158 valence electrons. The molecule has 0 saturated carbocycles. The summed E-state index contributed by atoms with van der Waals surface area (Å²) in [5.74, 6) is -2.95. The van der Waals surface area contributed by atoms with E-state index in [9.17, 15) is 28.9 Å². The maximum absolute atomic E-state index is 13.3. The first-order valence-electron chi connectivity index (χ1n) is 8.69. The van der Waals surface area contributed by atoms with E-state index in [4.69, 9.17) is 9.15 Å². The van der Waals surface area contributed by atoms with Crippen molar-refractivity contribution in [1.82, 2.24) is 0 Å². The van der Waals surface area contributed by atoms with Crippen LogP contribution in [-0.4, -0.2) is 29.3 Å². The van der Waals surface area contributed by atoms with Crippen LogP contribution in [0.2, 0.25) is 0 Å². The number of hydrogen-bond donors (Lipinski definition) is 2. The Balaban J connectivity index is 1.52. The third kappa shape index (κ3) is 5.50. The molecular formula is C20H14FN3O7. The van der Waals surface area contributed by atoms with Crippen LogP contribution in [0.5, 0.6) is 0 Å². The van der Waals surface area contributed by atoms with Gasteiger partial charge in [-0.05, 0) is 48.5 Å². The summed E-state index contributed by atoms with van der Waals surface area (Å²) in [6.07, 6.45) is 1.36. The predicted octanol–water partition coefficient (Wildman–Crippen LogP) is 3.37. The van der Waals surface area contributed by atoms with E-state index in [-0.39, 0.29) is 17.0 Å². The number of nitrogens with zero attached hydrogens (tertiary/aromatic N) is 1. The van der Waals surface area contributed by atoms with Gasteiger partial charge >= 0.3 is 11.7 Å². The number of amides is 2. The molecule has 10 nitrogen and oxygen atoms in total. The lowest BCUT2D eigenvalue weighted by Crippen LogP contribution is -2.21. The van der Waals surface area contributed by atoms with Crippen LogP contribution in [0, 0.1) is 15.9 Å². The summed E-state index contributed by atoms with van der Waals surface area (Å²) in [6.45, 7) is -0.666. The highest BCUT2D eigenvalue weighted by atomic mass is 19.1. The molecular weight excluding hydrogens is 413 g/mol. The van der Waals surface area contributed by atoms with Gasteiger partial charge in [0, 0.05) is 17.4 Å². The van der Waals surface area contributed by atoms with Gasteiger partial charge in [0.1, 0.15) is 0 Å². The van der Waals surface area contributed by atoms with Gasteiger partial charge in [0.25, 0.3) is 11.8 Å². The molecule has 1 heterocycles. The molecule has 0 spiro atoms. The summed E-state index contributed by atoms with van der Waals surface area (Å²) in [5.41, 5.74) is -0.283. The normalized spacial score (nSPS) is 10.2. The van der Waals surface area contributed by atoms with Crippen molar-refractivity contribution in [2.24, 2.45) is 0 Å². The fourth-order valence-electron chi connectivity index (χ4n) is 2.43. The molecule has 31 heavy (non-hydrogen) atoms. The number of hydrogen-bond acceptors (Lipinski definition) is 7. The lowest BCUT2D eigenvalue weighted by Gasteiger charge is -2.08. The third-order valence-corrected chi connectivity index (χ3v) is 3.88. The number of rotatable bonds is 7. The zero-order valence-corrected chi connectivity index (χ0v) is 15.7. The molecule has 0 saturated heterocycles. The molecule has 0 radical (unpaired) electrons. The van der Waals surface area contributed by atoms with E-state index in [2.05, 4.69) is 10.6 Å². The number of benzene rings is 2. The topological polar surface area (TPSA) is 141 Å². The molecule has 0 atom stereocenters. The van der Waals surface area contributed by atoms with Crippen molar-refractivity contribution in [1.29, 1.82) is 0 Å². The van der Waals surface area contributed by atoms with Crippen LogP contribution in [0.15, 0.2) is 65.3 Å². The van der Waals surface area contributed by atoms with Gasteiger partial charge in [-0.3, -0.25) is 19.7 Å². The van der Waals surface area contributed by atoms with Gasteiger partial charge < -0.3 is 19.8 Å². The molecule has 0 fully saturated rings. The Labute approximate surface area is 173 Å². The number of nitrogens with one attached hydrogen (secondary N) is 2. The van der Waals surface area contributed by atoms with E-state index in [0.29, 0.717) is 5.69 Å². The quantitative estimate of drug-likeness (QED) is 0.334. The lowest BCUT2D eigenvalue weighted by atomic mass is 10.2. The summed E-state index contributed by atoms with van der Waals surface area (Å²) in [6, 6.07) is 11.6. The standard InChI is InChI=1S/C20H14FN3O7/c21-15-8-7-14(10-16(15)24(28)29)22-18(25)11-31-20(27)12-3-5-13(6-4-12)23-19(26)17-2-1-9-30-17/h1-10H,11H2,(H,22,25)(H,23,26). The summed E-state index contributed by atoms with van der Waals surface area (Å²) >= 11 is 0. The number of esters is 1. The molecule has 3 rings (SSSR count). The molecule has 11 heteroatoms. The Morgan fingerprint density at radius 2 is 1.74 bits per heavy atom. The second kappa shape index (κ2) is 9.31. The van der Waals surface area contributed by atoms with Crippen LogP contribution in [0.25, 0.3) is 0 Å². The molecule has 0 aliphatic carbocycles. The number of nitro groups is 1. The van der Waals surface area contributed by atoms with E-state index < -0.39 is 40.8 Å². The van der Waals surface area contributed by atoms with E-state index >= 15 is 0 Å². The van der Waals surface area contributed by atoms with Gasteiger partial charge in [-0.25, -0.2) is 4.79 Å². The Bertz CT molecular complexity index is 1130. The molecule has 2 aromatic carbocycles. The summed E-state index contributed by atoms with van der Waals surface area (Å²) in [5, 5.41) is 15.6. The smallest absolute Gasteiger partial charge is 0.338 e. The first-order chi connectivity index (χ1) is 14.8. The molecule has 3 aromatic rings. The number of furan rings is 1. The monoisotopic (exact) mass is 427 g/mol. The minimum atomic E-state index is -1.04. The Kier molecular flexibility index (Phi) is 6.36. The van der Waals surface area contributed by atoms with Crippen LogP contribution in [0.4, 0.5) is 21.5 Å². The van der Waals surface area contributed by atoms with Crippen molar-refractivity contribution < 1.29 is 32.9 Å². The number of ether oxygens (including phenoxy) is 1. The number of carbonyl (C=O) groups is 3. The summed E-state index contributed by atoms with van der Waals surface area (Å²) in [7, 11) is 0. The van der Waals surface area contributed by atoms with E-state index in [0.717, 1.165) is 18.2 Å². The molecule has 2 amide bonds. The minimum absolute atomic E-state index is 0.0224. The average molecular weight is 427 g/mol. The third-order valence-electron chi connectivity index (χ3n) is 3.88. The highest BCUT2D eigenvalue weighted by Gasteiger charge is 2.16. The Morgan fingerprint density at radius 1 is 1.03 bits per heavy atom. The van der Waals surface area contributed by atoms with Gasteiger partial charge in [-0.1, -0.05) is 0 Å². The van der Waals surface area contributed by atoms with Gasteiger partial charge in [0.15, 0.2) is 12.4 Å². The van der Waals surface area contributed by atoms with Gasteiger partial charge in [0.2, 0.25) is 5.82 Å². The van der Waals surface area contributed by atoms with Crippen molar-refractivity contribution in [2.45, 2.75) is 0 Å². The highest BCUT2D eigenvalue weighted by molar-refractivity contribution is 6.02. The summed E-state index contributed by atoms with van der Waals surface area (Å²) < 4.78 is 23.2. The highest BCUT2D eigenvalue weighted by Crippen LogP contribution is 2.21. The zero-order valence-electron chi connectivity index (χ0n) is 15.7. The maximum atomic E-state index is 13.3. The van der Waals surface area contributed by atoms with Crippen molar-refractivity contribution in [3.8, 4) is 0 Å². The van der Waals surface area contributed by atoms with Gasteiger partial charge in [-0.15, -0.1) is 0 Å². The van der Waals surface area contributed by atoms with Gasteiger partial charge in [0.05, 0.1) is 16.7 Å². The molecule has 0 bridgehead atoms. The van der Waals surface area contributed by atoms with Crippen molar-refractivity contribution in [2.75, 3.05) is 17.2 Å². The fourth-order valence-corrected chi connectivity index (χ4v) is 2.43. The van der Waals surface area contributed by atoms with Gasteiger partial charge in [-0.2, -0.15) is 4.39 Å². The second-order valence-electron chi connectivity index (χ2n) is 6.06. The SMILES string of the molecule is O=C(COC(=O)c1ccc(NC(=O)c2ccco2)cc1)Nc1ccc(F)c([N+](=O)[O-])c1. The number of nitro benzene ring substituents is 1. The molecule has 0 aliphatic rings. The fraction of sp³-hybridized carbons (Fsp3) is 0.0500. The Morgan fingerprint density at radius 3 is 2.39 bits per heavy atom. The van der Waals surface area contributed by atoms with E-state index in [1.54, 1.807) is 6.07 Å². The lowest BCUT2D eigenvalue weighted by molar-refractivity contribution is -0.387. The molecule has 0 unspecified atom stereocenters. The largest absolute Gasteiger partial charge is 0.459 e. The zero-order chi connectivity index (χ0) is 22.4. The predicted molar refractivity (Wildman–Crippen MR) is 105 cm³/mol. The van der Waals surface area contributed by atoms with Crippen LogP contribution in [-0.2, 0) is 9.53 Å². The van der Waals surface area contributed by atoms with Crippen molar-refractivity contribution >= 4 is 34.8 Å². The molecule has 0 aliphatic heterocycles. The van der Waals surface area contributed by atoms with Crippen LogP contribution < -0.4 is 10.6 Å². The van der Waals surface area contributed by atoms with Crippen molar-refractivity contribution in [3.05, 3.63) is 88.1 Å². The first-order valence-corrected chi connectivity index (χ1v) is 8.69. The van der Waals surface area contributed by atoms with Crippen LogP contribution in [0.1, 0.15) is 20.9 Å². The number of anilines is 2. The Hall–Kier alpha value is -4.54. The first kappa shape index (κ1) is 21.2. The maximum Gasteiger partial charge on any atom is 0.338 e. The summed E-state index contributed by atoms with van der Waals surface area (Å²) in [4.78, 5) is 45.7. The van der Waals surface area contributed by atoms with Crippen LogP contribution >= 0.6 is 0 Å². The average Bonchev–Trinajstić information content (AvgIpc) is 3.29. The molecule has 2 N–H and O–H groups in total. The molecule has 1 aromatic heterocycles.